The smallest absolute Gasteiger partial charge is 0.407 e. The number of likely N-dealkylation sites (tertiary alicyclic amines) is 1. The fourth-order valence-corrected chi connectivity index (χ4v) is 2.11. The molecular formula is C14H20N4O3. The van der Waals surface area contributed by atoms with Crippen molar-refractivity contribution in [1.82, 2.24) is 20.2 Å². The van der Waals surface area contributed by atoms with Gasteiger partial charge in [-0.1, -0.05) is 0 Å². The molecule has 7 nitrogen and oxygen atoms in total. The van der Waals surface area contributed by atoms with Crippen LogP contribution in [0.5, 0.6) is 0 Å². The van der Waals surface area contributed by atoms with Gasteiger partial charge in [-0.05, 0) is 27.2 Å². The molecule has 114 valence electrons. The molecule has 1 saturated heterocycles. The Kier molecular flexibility index (Phi) is 4.40. The van der Waals surface area contributed by atoms with Crippen LogP contribution in [0.2, 0.25) is 0 Å². The highest BCUT2D eigenvalue weighted by Crippen LogP contribution is 2.13. The monoisotopic (exact) mass is 292 g/mol. The van der Waals surface area contributed by atoms with E-state index in [-0.39, 0.29) is 11.9 Å². The van der Waals surface area contributed by atoms with Crippen LogP contribution in [-0.2, 0) is 4.74 Å². The summed E-state index contributed by atoms with van der Waals surface area (Å²) in [6.07, 6.45) is 4.69. The number of aromatic nitrogens is 2. The third kappa shape index (κ3) is 4.40. The fraction of sp³-hybridized carbons (Fsp3) is 0.571. The zero-order valence-corrected chi connectivity index (χ0v) is 12.5. The maximum Gasteiger partial charge on any atom is 0.407 e. The average molecular weight is 292 g/mol. The maximum absolute atomic E-state index is 12.2. The minimum absolute atomic E-state index is 0.0968. The van der Waals surface area contributed by atoms with Gasteiger partial charge < -0.3 is 15.0 Å². The molecule has 0 saturated carbocycles. The van der Waals surface area contributed by atoms with Gasteiger partial charge in [-0.2, -0.15) is 0 Å². The average Bonchev–Trinajstić information content (AvgIpc) is 2.85. The highest BCUT2D eigenvalue weighted by atomic mass is 16.6. The molecule has 0 aliphatic carbocycles. The zero-order chi connectivity index (χ0) is 15.5. The molecule has 1 aromatic heterocycles. The first kappa shape index (κ1) is 15.2. The van der Waals surface area contributed by atoms with Gasteiger partial charge in [-0.25, -0.2) is 9.78 Å². The number of hydrogen-bond donors (Lipinski definition) is 1. The van der Waals surface area contributed by atoms with Crippen molar-refractivity contribution in [2.75, 3.05) is 13.1 Å². The Morgan fingerprint density at radius 3 is 2.76 bits per heavy atom. The summed E-state index contributed by atoms with van der Waals surface area (Å²) in [5.41, 5.74) is -0.215. The zero-order valence-electron chi connectivity index (χ0n) is 12.5. The normalized spacial score (nSPS) is 18.4. The second kappa shape index (κ2) is 6.07. The molecule has 1 atom stereocenters. The van der Waals surface area contributed by atoms with Crippen LogP contribution in [0.1, 0.15) is 37.7 Å². The van der Waals surface area contributed by atoms with Gasteiger partial charge >= 0.3 is 6.09 Å². The van der Waals surface area contributed by atoms with E-state index in [1.807, 2.05) is 20.8 Å². The topological polar surface area (TPSA) is 84.4 Å². The lowest BCUT2D eigenvalue weighted by atomic mass is 10.2. The predicted octanol–water partition coefficient (Wildman–Crippen LogP) is 1.22. The highest BCUT2D eigenvalue weighted by molar-refractivity contribution is 5.92. The summed E-state index contributed by atoms with van der Waals surface area (Å²) >= 11 is 0. The number of amides is 2. The van der Waals surface area contributed by atoms with E-state index < -0.39 is 11.7 Å². The summed E-state index contributed by atoms with van der Waals surface area (Å²) in [5, 5.41) is 2.78. The number of carbonyl (C=O) groups excluding carboxylic acids is 2. The standard InChI is InChI=1S/C14H20N4O3/c1-14(2,3)21-13(20)17-10-4-7-18(9-10)12(19)11-8-15-5-6-16-11/h5-6,8,10H,4,7,9H2,1-3H3,(H,17,20)/t10-/m0/s1. The quantitative estimate of drug-likeness (QED) is 0.886. The molecule has 2 rings (SSSR count). The van der Waals surface area contributed by atoms with Gasteiger partial charge in [0.25, 0.3) is 5.91 Å². The summed E-state index contributed by atoms with van der Waals surface area (Å²) < 4.78 is 5.20. The third-order valence-corrected chi connectivity index (χ3v) is 2.98. The first-order valence-electron chi connectivity index (χ1n) is 6.90. The Labute approximate surface area is 123 Å². The molecule has 21 heavy (non-hydrogen) atoms. The molecule has 0 bridgehead atoms. The fourth-order valence-electron chi connectivity index (χ4n) is 2.11. The van der Waals surface area contributed by atoms with Crippen molar-refractivity contribution in [2.45, 2.75) is 38.8 Å². The molecule has 2 heterocycles. The van der Waals surface area contributed by atoms with Crippen molar-refractivity contribution in [2.24, 2.45) is 0 Å². The lowest BCUT2D eigenvalue weighted by Gasteiger charge is -2.22. The lowest BCUT2D eigenvalue weighted by molar-refractivity contribution is 0.0502. The second-order valence-electron chi connectivity index (χ2n) is 5.97. The minimum atomic E-state index is -0.530. The highest BCUT2D eigenvalue weighted by Gasteiger charge is 2.29. The van der Waals surface area contributed by atoms with Gasteiger partial charge in [-0.15, -0.1) is 0 Å². The molecule has 0 spiro atoms. The van der Waals surface area contributed by atoms with E-state index in [4.69, 9.17) is 4.74 Å². The van der Waals surface area contributed by atoms with Crippen LogP contribution in [0, 0.1) is 0 Å². The molecule has 2 amide bonds. The largest absolute Gasteiger partial charge is 0.444 e. The number of rotatable bonds is 2. The van der Waals surface area contributed by atoms with E-state index in [0.717, 1.165) is 0 Å². The molecule has 1 aromatic rings. The number of hydrogen-bond acceptors (Lipinski definition) is 5. The van der Waals surface area contributed by atoms with Crippen LogP contribution in [-0.4, -0.2) is 51.6 Å². The van der Waals surface area contributed by atoms with Crippen molar-refractivity contribution >= 4 is 12.0 Å². The van der Waals surface area contributed by atoms with Crippen molar-refractivity contribution in [3.63, 3.8) is 0 Å². The lowest BCUT2D eigenvalue weighted by Crippen LogP contribution is -2.41. The Morgan fingerprint density at radius 1 is 1.38 bits per heavy atom. The van der Waals surface area contributed by atoms with Crippen LogP contribution in [0.25, 0.3) is 0 Å². The van der Waals surface area contributed by atoms with E-state index in [1.54, 1.807) is 4.90 Å². The Morgan fingerprint density at radius 2 is 2.14 bits per heavy atom. The van der Waals surface area contributed by atoms with Gasteiger partial charge in [0.1, 0.15) is 11.3 Å². The van der Waals surface area contributed by atoms with Crippen LogP contribution < -0.4 is 5.32 Å². The molecule has 1 aliphatic rings. The Bertz CT molecular complexity index is 513. The first-order chi connectivity index (χ1) is 9.85. The summed E-state index contributed by atoms with van der Waals surface area (Å²) in [7, 11) is 0. The van der Waals surface area contributed by atoms with Gasteiger partial charge in [0.15, 0.2) is 0 Å². The summed E-state index contributed by atoms with van der Waals surface area (Å²) in [6, 6.07) is -0.0968. The molecular weight excluding hydrogens is 272 g/mol. The van der Waals surface area contributed by atoms with E-state index in [9.17, 15) is 9.59 Å². The number of nitrogens with zero attached hydrogens (tertiary/aromatic N) is 3. The van der Waals surface area contributed by atoms with Crippen LogP contribution in [0.4, 0.5) is 4.79 Å². The van der Waals surface area contributed by atoms with Crippen LogP contribution in [0.15, 0.2) is 18.6 Å². The number of ether oxygens (including phenoxy) is 1. The molecule has 0 aromatic carbocycles. The van der Waals surface area contributed by atoms with Gasteiger partial charge in [0.2, 0.25) is 0 Å². The van der Waals surface area contributed by atoms with Crippen molar-refractivity contribution < 1.29 is 14.3 Å². The van der Waals surface area contributed by atoms with Crippen molar-refractivity contribution in [3.05, 3.63) is 24.3 Å². The minimum Gasteiger partial charge on any atom is -0.444 e. The van der Waals surface area contributed by atoms with Gasteiger partial charge in [0, 0.05) is 25.5 Å². The van der Waals surface area contributed by atoms with E-state index >= 15 is 0 Å². The summed E-state index contributed by atoms with van der Waals surface area (Å²) in [6.45, 7) is 6.46. The molecule has 1 aliphatic heterocycles. The Hall–Kier alpha value is -2.18. The Balaban J connectivity index is 1.86. The molecule has 7 heteroatoms. The van der Waals surface area contributed by atoms with Gasteiger partial charge in [0.05, 0.1) is 12.2 Å². The summed E-state index contributed by atoms with van der Waals surface area (Å²) in [5.74, 6) is -0.170. The van der Waals surface area contributed by atoms with Crippen LogP contribution in [0.3, 0.4) is 0 Å². The van der Waals surface area contributed by atoms with Crippen molar-refractivity contribution in [1.29, 1.82) is 0 Å². The first-order valence-corrected chi connectivity index (χ1v) is 6.90. The van der Waals surface area contributed by atoms with E-state index in [2.05, 4.69) is 15.3 Å². The predicted molar refractivity (Wildman–Crippen MR) is 75.7 cm³/mol. The van der Waals surface area contributed by atoms with E-state index in [0.29, 0.717) is 25.2 Å². The number of nitrogens with one attached hydrogen (secondary N) is 1. The van der Waals surface area contributed by atoms with Gasteiger partial charge in [-0.3, -0.25) is 9.78 Å². The SMILES string of the molecule is CC(C)(C)OC(=O)N[C@H]1CCN(C(=O)c2cnccn2)C1. The molecule has 1 N–H and O–H groups in total. The molecule has 0 radical (unpaired) electrons. The second-order valence-corrected chi connectivity index (χ2v) is 5.97. The van der Waals surface area contributed by atoms with Crippen LogP contribution >= 0.6 is 0 Å². The number of alkyl carbamates (subject to hydrolysis) is 1. The molecule has 0 unspecified atom stereocenters. The third-order valence-electron chi connectivity index (χ3n) is 2.98. The van der Waals surface area contributed by atoms with E-state index in [1.165, 1.54) is 18.6 Å². The maximum atomic E-state index is 12.2. The van der Waals surface area contributed by atoms with Crippen molar-refractivity contribution in [3.8, 4) is 0 Å². The molecule has 1 fully saturated rings. The summed E-state index contributed by atoms with van der Waals surface area (Å²) in [4.78, 5) is 33.4. The number of carbonyl (C=O) groups is 2.